The second-order valence-electron chi connectivity index (χ2n) is 5.52. The van der Waals surface area contributed by atoms with Crippen LogP contribution >= 0.6 is 15.9 Å². The second-order valence-corrected chi connectivity index (χ2v) is 6.43. The van der Waals surface area contributed by atoms with Gasteiger partial charge < -0.3 is 9.64 Å². The Balaban J connectivity index is 1.78. The third kappa shape index (κ3) is 2.88. The van der Waals surface area contributed by atoms with Crippen LogP contribution in [0.2, 0.25) is 0 Å². The minimum Gasteiger partial charge on any atom is -0.491 e. The summed E-state index contributed by atoms with van der Waals surface area (Å²) in [5.74, 6) is -0.159. The second kappa shape index (κ2) is 6.16. The Morgan fingerprint density at radius 2 is 1.83 bits per heavy atom. The van der Waals surface area contributed by atoms with E-state index in [1.165, 1.54) is 4.90 Å². The van der Waals surface area contributed by atoms with Crippen molar-refractivity contribution in [3.8, 4) is 5.75 Å². The van der Waals surface area contributed by atoms with E-state index in [-0.39, 0.29) is 0 Å². The number of anilines is 1. The number of halogens is 1. The maximum atomic E-state index is 12.2. The van der Waals surface area contributed by atoms with Crippen molar-refractivity contribution in [3.63, 3.8) is 0 Å². The van der Waals surface area contributed by atoms with E-state index in [2.05, 4.69) is 15.9 Å². The molecule has 2 aromatic carbocycles. The topological polar surface area (TPSA) is 46.6 Å². The van der Waals surface area contributed by atoms with Crippen molar-refractivity contribution in [2.24, 2.45) is 0 Å². The summed E-state index contributed by atoms with van der Waals surface area (Å²) in [7, 11) is 0. The van der Waals surface area contributed by atoms with Crippen LogP contribution in [0.4, 0.5) is 5.69 Å². The fourth-order valence-electron chi connectivity index (χ4n) is 2.78. The van der Waals surface area contributed by atoms with Gasteiger partial charge in [0.15, 0.2) is 0 Å². The first-order valence-electron chi connectivity index (χ1n) is 7.34. The van der Waals surface area contributed by atoms with E-state index in [1.54, 1.807) is 6.07 Å². The number of nitrogens with zero attached hydrogens (tertiary/aromatic N) is 1. The van der Waals surface area contributed by atoms with Gasteiger partial charge in [-0.2, -0.15) is 0 Å². The van der Waals surface area contributed by atoms with Gasteiger partial charge in [-0.05, 0) is 43.2 Å². The van der Waals surface area contributed by atoms with E-state index in [0.717, 1.165) is 21.3 Å². The van der Waals surface area contributed by atoms with Crippen molar-refractivity contribution in [2.75, 3.05) is 18.1 Å². The number of rotatable bonds is 4. The number of carbonyl (C=O) groups excluding carboxylic acids is 2. The summed E-state index contributed by atoms with van der Waals surface area (Å²) in [6, 6.07) is 11.3. The molecular weight excluding hydrogens is 358 g/mol. The minimum absolute atomic E-state index is 0.332. The molecule has 0 saturated carbocycles. The number of fused-ring (bicyclic) bond motifs is 1. The van der Waals surface area contributed by atoms with Gasteiger partial charge in [-0.15, -0.1) is 0 Å². The minimum atomic E-state index is -0.491. The number of para-hydroxylation sites is 1. The van der Waals surface area contributed by atoms with Crippen molar-refractivity contribution >= 4 is 33.3 Å². The SMILES string of the molecule is Cc1ccccc1OCCN1C(=O)C(=O)c2cc(Br)cc(C)c21. The lowest BCUT2D eigenvalue weighted by atomic mass is 10.1. The largest absolute Gasteiger partial charge is 0.491 e. The third-order valence-corrected chi connectivity index (χ3v) is 4.34. The predicted octanol–water partition coefficient (Wildman–Crippen LogP) is 3.67. The number of Topliss-reactive ketones (excluding diaryl/α,β-unsaturated/α-hetero) is 1. The number of hydrogen-bond acceptors (Lipinski definition) is 3. The molecule has 1 aliphatic heterocycles. The molecule has 5 heteroatoms. The van der Waals surface area contributed by atoms with Crippen LogP contribution in [-0.4, -0.2) is 24.8 Å². The van der Waals surface area contributed by atoms with Crippen molar-refractivity contribution in [2.45, 2.75) is 13.8 Å². The van der Waals surface area contributed by atoms with Gasteiger partial charge in [0.05, 0.1) is 17.8 Å². The molecule has 0 atom stereocenters. The van der Waals surface area contributed by atoms with Gasteiger partial charge in [0.2, 0.25) is 0 Å². The zero-order valence-electron chi connectivity index (χ0n) is 12.9. The van der Waals surface area contributed by atoms with Crippen molar-refractivity contribution in [3.05, 3.63) is 57.6 Å². The smallest absolute Gasteiger partial charge is 0.299 e. The Labute approximate surface area is 143 Å². The van der Waals surface area contributed by atoms with Gasteiger partial charge in [-0.25, -0.2) is 0 Å². The summed E-state index contributed by atoms with van der Waals surface area (Å²) in [5.41, 5.74) is 3.08. The molecule has 0 unspecified atom stereocenters. The third-order valence-electron chi connectivity index (χ3n) is 3.89. The summed E-state index contributed by atoms with van der Waals surface area (Å²) in [4.78, 5) is 25.9. The van der Waals surface area contributed by atoms with Crippen LogP contribution in [0, 0.1) is 13.8 Å². The number of amides is 1. The average Bonchev–Trinajstić information content (AvgIpc) is 2.74. The highest BCUT2D eigenvalue weighted by atomic mass is 79.9. The number of ketones is 1. The van der Waals surface area contributed by atoms with E-state index in [1.807, 2.05) is 44.2 Å². The molecule has 0 saturated heterocycles. The van der Waals surface area contributed by atoms with Gasteiger partial charge in [-0.1, -0.05) is 34.1 Å². The maximum absolute atomic E-state index is 12.2. The number of hydrogen-bond donors (Lipinski definition) is 0. The average molecular weight is 374 g/mol. The van der Waals surface area contributed by atoms with E-state index in [9.17, 15) is 9.59 Å². The molecular formula is C18H16BrNO3. The maximum Gasteiger partial charge on any atom is 0.299 e. The first kappa shape index (κ1) is 15.7. The summed E-state index contributed by atoms with van der Waals surface area (Å²) in [6.07, 6.45) is 0. The van der Waals surface area contributed by atoms with Gasteiger partial charge >= 0.3 is 0 Å². The van der Waals surface area contributed by atoms with E-state index < -0.39 is 11.7 Å². The quantitative estimate of drug-likeness (QED) is 0.768. The van der Waals surface area contributed by atoms with Crippen LogP contribution in [0.15, 0.2) is 40.9 Å². The Morgan fingerprint density at radius 1 is 1.09 bits per heavy atom. The predicted molar refractivity (Wildman–Crippen MR) is 92.2 cm³/mol. The number of aryl methyl sites for hydroxylation is 2. The van der Waals surface area contributed by atoms with Crippen LogP contribution in [0.5, 0.6) is 5.75 Å². The lowest BCUT2D eigenvalue weighted by molar-refractivity contribution is -0.114. The molecule has 0 bridgehead atoms. The van der Waals surface area contributed by atoms with Gasteiger partial charge in [0.1, 0.15) is 12.4 Å². The summed E-state index contributed by atoms with van der Waals surface area (Å²) < 4.78 is 6.55. The summed E-state index contributed by atoms with van der Waals surface area (Å²) in [6.45, 7) is 4.54. The van der Waals surface area contributed by atoms with E-state index >= 15 is 0 Å². The Morgan fingerprint density at radius 3 is 2.57 bits per heavy atom. The first-order valence-corrected chi connectivity index (χ1v) is 8.13. The molecule has 4 nitrogen and oxygen atoms in total. The van der Waals surface area contributed by atoms with E-state index in [0.29, 0.717) is 24.4 Å². The van der Waals surface area contributed by atoms with Crippen LogP contribution in [0.3, 0.4) is 0 Å². The lowest BCUT2D eigenvalue weighted by Crippen LogP contribution is -2.33. The Kier molecular flexibility index (Phi) is 4.22. The zero-order valence-corrected chi connectivity index (χ0v) is 14.5. The zero-order chi connectivity index (χ0) is 16.6. The molecule has 1 aliphatic rings. The van der Waals surface area contributed by atoms with Crippen molar-refractivity contribution in [1.29, 1.82) is 0 Å². The number of ether oxygens (including phenoxy) is 1. The van der Waals surface area contributed by atoms with Gasteiger partial charge in [0.25, 0.3) is 11.7 Å². The van der Waals surface area contributed by atoms with Gasteiger partial charge in [-0.3, -0.25) is 9.59 Å². The molecule has 3 rings (SSSR count). The molecule has 0 spiro atoms. The van der Waals surface area contributed by atoms with Crippen LogP contribution in [0.25, 0.3) is 0 Å². The highest BCUT2D eigenvalue weighted by Crippen LogP contribution is 2.34. The number of benzene rings is 2. The fourth-order valence-corrected chi connectivity index (χ4v) is 3.36. The molecule has 118 valence electrons. The van der Waals surface area contributed by atoms with Gasteiger partial charge in [0, 0.05) is 4.47 Å². The summed E-state index contributed by atoms with van der Waals surface area (Å²) >= 11 is 3.37. The van der Waals surface area contributed by atoms with Crippen LogP contribution < -0.4 is 9.64 Å². The molecule has 0 aromatic heterocycles. The van der Waals surface area contributed by atoms with E-state index in [4.69, 9.17) is 4.74 Å². The lowest BCUT2D eigenvalue weighted by Gasteiger charge is -2.19. The Bertz CT molecular complexity index is 801. The molecule has 23 heavy (non-hydrogen) atoms. The van der Waals surface area contributed by atoms with Crippen molar-refractivity contribution in [1.82, 2.24) is 0 Å². The highest BCUT2D eigenvalue weighted by molar-refractivity contribution is 9.10. The molecule has 1 heterocycles. The standard InChI is InChI=1S/C18H16BrNO3/c1-11-5-3-4-6-15(11)23-8-7-20-16-12(2)9-13(19)10-14(16)17(21)18(20)22/h3-6,9-10H,7-8H2,1-2H3. The first-order chi connectivity index (χ1) is 11.0. The monoisotopic (exact) mass is 373 g/mol. The molecule has 1 amide bonds. The van der Waals surface area contributed by atoms with Crippen molar-refractivity contribution < 1.29 is 14.3 Å². The highest BCUT2D eigenvalue weighted by Gasteiger charge is 2.37. The molecule has 2 aromatic rings. The molecule has 0 aliphatic carbocycles. The number of carbonyl (C=O) groups is 2. The normalized spacial score (nSPS) is 13.4. The van der Waals surface area contributed by atoms with Crippen LogP contribution in [-0.2, 0) is 4.79 Å². The molecule has 0 radical (unpaired) electrons. The Hall–Kier alpha value is -2.14. The molecule has 0 N–H and O–H groups in total. The fraction of sp³-hybridized carbons (Fsp3) is 0.222. The molecule has 0 fully saturated rings. The van der Waals surface area contributed by atoms with Crippen LogP contribution in [0.1, 0.15) is 21.5 Å². The summed E-state index contributed by atoms with van der Waals surface area (Å²) in [5, 5.41) is 0.